The number of alkyl carbamates (subject to hydrolysis) is 1. The van der Waals surface area contributed by atoms with Gasteiger partial charge in [-0.25, -0.2) is 9.59 Å². The van der Waals surface area contributed by atoms with Gasteiger partial charge in [0.2, 0.25) is 0 Å². The van der Waals surface area contributed by atoms with Crippen LogP contribution in [0.1, 0.15) is 46.6 Å². The molecule has 1 amide bonds. The Morgan fingerprint density at radius 1 is 1.12 bits per heavy atom. The van der Waals surface area contributed by atoms with Crippen LogP contribution in [0, 0.1) is 0 Å². The molecule has 178 valence electrons. The zero-order chi connectivity index (χ0) is 24.1. The van der Waals surface area contributed by atoms with Crippen LogP contribution in [0.2, 0.25) is 10.0 Å². The summed E-state index contributed by atoms with van der Waals surface area (Å²) in [5.74, 6) is -1.14. The van der Waals surface area contributed by atoms with Crippen LogP contribution in [0.25, 0.3) is 0 Å². The van der Waals surface area contributed by atoms with Crippen molar-refractivity contribution in [3.8, 4) is 0 Å². The van der Waals surface area contributed by atoms with E-state index in [4.69, 9.17) is 37.4 Å². The van der Waals surface area contributed by atoms with Gasteiger partial charge in [0.25, 0.3) is 0 Å². The van der Waals surface area contributed by atoms with Gasteiger partial charge in [-0.2, -0.15) is 0 Å². The predicted molar refractivity (Wildman–Crippen MR) is 121 cm³/mol. The standard InChI is InChI=1S/C22H30Cl2N2O6/c1-6-30-18(27)17-11-22(19(28)31-7-2,25-20(29)32-21(3,4)5)13-26(17)12-14-8-9-15(23)16(24)10-14/h8-10,17H,6-7,11-13H2,1-5H3,(H,25,29). The highest BCUT2D eigenvalue weighted by Crippen LogP contribution is 2.32. The summed E-state index contributed by atoms with van der Waals surface area (Å²) < 4.78 is 15.8. The smallest absolute Gasteiger partial charge is 0.408 e. The van der Waals surface area contributed by atoms with Crippen molar-refractivity contribution in [2.75, 3.05) is 19.8 Å². The summed E-state index contributed by atoms with van der Waals surface area (Å²) in [4.78, 5) is 40.0. The average Bonchev–Trinajstić information content (AvgIpc) is 3.03. The highest BCUT2D eigenvalue weighted by Gasteiger charge is 2.54. The number of amides is 1. The lowest BCUT2D eigenvalue weighted by Crippen LogP contribution is -2.57. The molecular weight excluding hydrogens is 459 g/mol. The number of carbonyl (C=O) groups excluding carboxylic acids is 3. The maximum Gasteiger partial charge on any atom is 0.408 e. The predicted octanol–water partition coefficient (Wildman–Crippen LogP) is 3.96. The van der Waals surface area contributed by atoms with Gasteiger partial charge in [0.15, 0.2) is 5.54 Å². The minimum absolute atomic E-state index is 0.0226. The van der Waals surface area contributed by atoms with Crippen LogP contribution >= 0.6 is 23.2 Å². The largest absolute Gasteiger partial charge is 0.465 e. The number of esters is 2. The van der Waals surface area contributed by atoms with Crippen molar-refractivity contribution < 1.29 is 28.6 Å². The Morgan fingerprint density at radius 3 is 2.34 bits per heavy atom. The van der Waals surface area contributed by atoms with E-state index < -0.39 is 35.2 Å². The molecule has 1 fully saturated rings. The number of hydrogen-bond acceptors (Lipinski definition) is 7. The molecule has 1 aliphatic rings. The number of nitrogens with zero attached hydrogens (tertiary/aromatic N) is 1. The van der Waals surface area contributed by atoms with Gasteiger partial charge in [0.05, 0.1) is 23.3 Å². The van der Waals surface area contributed by atoms with Crippen LogP contribution in [-0.4, -0.2) is 59.9 Å². The van der Waals surface area contributed by atoms with Crippen LogP contribution in [0.3, 0.4) is 0 Å². The number of benzene rings is 1. The van der Waals surface area contributed by atoms with Gasteiger partial charge in [-0.15, -0.1) is 0 Å². The number of likely N-dealkylation sites (tertiary alicyclic amines) is 1. The summed E-state index contributed by atoms with van der Waals surface area (Å²) in [6.45, 7) is 9.13. The quantitative estimate of drug-likeness (QED) is 0.458. The normalized spacial score (nSPS) is 21.2. The third kappa shape index (κ3) is 6.73. The first kappa shape index (κ1) is 26.2. The minimum atomic E-state index is -1.48. The second kappa shape index (κ2) is 10.7. The molecule has 0 saturated carbocycles. The molecule has 1 aliphatic heterocycles. The fourth-order valence-corrected chi connectivity index (χ4v) is 3.87. The first-order valence-corrected chi connectivity index (χ1v) is 11.2. The molecule has 8 nitrogen and oxygen atoms in total. The van der Waals surface area contributed by atoms with Crippen LogP contribution in [0.5, 0.6) is 0 Å². The third-order valence-electron chi connectivity index (χ3n) is 4.79. The maximum absolute atomic E-state index is 13.0. The molecule has 0 bridgehead atoms. The summed E-state index contributed by atoms with van der Waals surface area (Å²) in [7, 11) is 0. The van der Waals surface area contributed by atoms with E-state index in [0.29, 0.717) is 10.0 Å². The van der Waals surface area contributed by atoms with Crippen molar-refractivity contribution in [3.63, 3.8) is 0 Å². The molecule has 2 unspecified atom stereocenters. The lowest BCUT2D eigenvalue weighted by molar-refractivity contribution is -0.150. The Bertz CT molecular complexity index is 857. The fraction of sp³-hybridized carbons (Fsp3) is 0.591. The molecule has 32 heavy (non-hydrogen) atoms. The number of nitrogens with one attached hydrogen (secondary N) is 1. The van der Waals surface area contributed by atoms with Crippen molar-refractivity contribution in [3.05, 3.63) is 33.8 Å². The lowest BCUT2D eigenvalue weighted by atomic mass is 9.96. The zero-order valence-electron chi connectivity index (χ0n) is 19.0. The van der Waals surface area contributed by atoms with E-state index in [2.05, 4.69) is 5.32 Å². The topological polar surface area (TPSA) is 94.2 Å². The molecule has 0 aromatic heterocycles. The molecule has 1 heterocycles. The molecule has 2 rings (SSSR count). The van der Waals surface area contributed by atoms with Crippen LogP contribution in [0.4, 0.5) is 4.79 Å². The van der Waals surface area contributed by atoms with E-state index in [-0.39, 0.29) is 32.7 Å². The molecule has 0 spiro atoms. The molecule has 1 aromatic rings. The van der Waals surface area contributed by atoms with Crippen molar-refractivity contribution in [2.45, 2.75) is 64.8 Å². The van der Waals surface area contributed by atoms with Gasteiger partial charge in [0.1, 0.15) is 11.6 Å². The number of rotatable bonds is 7. The SMILES string of the molecule is CCOC(=O)C1CC(NC(=O)OC(C)(C)C)(C(=O)OCC)CN1Cc1ccc(Cl)c(Cl)c1. The van der Waals surface area contributed by atoms with Crippen molar-refractivity contribution in [1.29, 1.82) is 0 Å². The van der Waals surface area contributed by atoms with Gasteiger partial charge in [-0.1, -0.05) is 29.3 Å². The van der Waals surface area contributed by atoms with Crippen LogP contribution in [-0.2, 0) is 30.3 Å². The first-order chi connectivity index (χ1) is 14.9. The molecule has 2 atom stereocenters. The van der Waals surface area contributed by atoms with Crippen molar-refractivity contribution in [2.24, 2.45) is 0 Å². The second-order valence-corrected chi connectivity index (χ2v) is 9.37. The summed E-state index contributed by atoms with van der Waals surface area (Å²) in [5, 5.41) is 3.45. The van der Waals surface area contributed by atoms with E-state index >= 15 is 0 Å². The van der Waals surface area contributed by atoms with E-state index in [1.807, 2.05) is 0 Å². The van der Waals surface area contributed by atoms with E-state index in [9.17, 15) is 14.4 Å². The van der Waals surface area contributed by atoms with E-state index in [0.717, 1.165) is 5.56 Å². The van der Waals surface area contributed by atoms with Gasteiger partial charge >= 0.3 is 18.0 Å². The van der Waals surface area contributed by atoms with E-state index in [1.165, 1.54) is 0 Å². The summed E-state index contributed by atoms with van der Waals surface area (Å²) in [6.07, 6.45) is -0.796. The highest BCUT2D eigenvalue weighted by atomic mass is 35.5. The summed E-state index contributed by atoms with van der Waals surface area (Å²) >= 11 is 12.1. The van der Waals surface area contributed by atoms with Gasteiger partial charge in [-0.05, 0) is 52.3 Å². The minimum Gasteiger partial charge on any atom is -0.465 e. The second-order valence-electron chi connectivity index (χ2n) is 8.55. The zero-order valence-corrected chi connectivity index (χ0v) is 20.5. The Hall–Kier alpha value is -2.03. The third-order valence-corrected chi connectivity index (χ3v) is 5.53. The van der Waals surface area contributed by atoms with E-state index in [1.54, 1.807) is 57.7 Å². The van der Waals surface area contributed by atoms with Crippen LogP contribution < -0.4 is 5.32 Å². The number of ether oxygens (including phenoxy) is 3. The molecular formula is C22H30Cl2N2O6. The molecule has 1 aromatic carbocycles. The molecule has 1 saturated heterocycles. The van der Waals surface area contributed by atoms with Gasteiger partial charge in [0, 0.05) is 19.5 Å². The number of carbonyl (C=O) groups is 3. The average molecular weight is 489 g/mol. The van der Waals surface area contributed by atoms with Gasteiger partial charge < -0.3 is 19.5 Å². The number of hydrogen-bond donors (Lipinski definition) is 1. The first-order valence-electron chi connectivity index (χ1n) is 10.4. The Kier molecular flexibility index (Phi) is 8.79. The van der Waals surface area contributed by atoms with Crippen LogP contribution in [0.15, 0.2) is 18.2 Å². The number of halogens is 2. The molecule has 1 N–H and O–H groups in total. The lowest BCUT2D eigenvalue weighted by Gasteiger charge is -2.30. The Labute approximate surface area is 198 Å². The summed E-state index contributed by atoms with van der Waals surface area (Å²) in [6, 6.07) is 4.34. The Morgan fingerprint density at radius 2 is 1.78 bits per heavy atom. The Balaban J connectivity index is 2.38. The molecule has 0 aliphatic carbocycles. The molecule has 0 radical (unpaired) electrons. The monoisotopic (exact) mass is 488 g/mol. The van der Waals surface area contributed by atoms with Crippen molar-refractivity contribution in [1.82, 2.24) is 10.2 Å². The summed E-state index contributed by atoms with van der Waals surface area (Å²) in [5.41, 5.74) is -1.46. The van der Waals surface area contributed by atoms with Gasteiger partial charge in [-0.3, -0.25) is 9.69 Å². The highest BCUT2D eigenvalue weighted by molar-refractivity contribution is 6.42. The maximum atomic E-state index is 13.0. The fourth-order valence-electron chi connectivity index (χ4n) is 3.55. The molecule has 10 heteroatoms. The van der Waals surface area contributed by atoms with Crippen molar-refractivity contribution >= 4 is 41.2 Å².